The minimum Gasteiger partial charge on any atom is -0.302 e. The third-order valence-electron chi connectivity index (χ3n) is 8.01. The standard InChI is InChI=1S/C30H43O2PS/c1-21(2)27-19-25(34(31)32)20-28(22(3)4)30(27)26-17-11-12-18-29(26)33(23-13-7-5-8-14-23)24-15-9-6-10-16-24/h11-12,17-24H,5-10,13-16H2,1-4H3,(H,31,32). The normalized spacial score (nSPS) is 19.3. The first-order valence-corrected chi connectivity index (χ1v) is 16.1. The Bertz CT molecular complexity index is 940. The van der Waals surface area contributed by atoms with Crippen LogP contribution in [-0.4, -0.2) is 20.1 Å². The third-order valence-corrected chi connectivity index (χ3v) is 12.2. The Morgan fingerprint density at radius 3 is 1.71 bits per heavy atom. The Kier molecular flexibility index (Phi) is 9.05. The van der Waals surface area contributed by atoms with Crippen molar-refractivity contribution in [3.05, 3.63) is 47.5 Å². The van der Waals surface area contributed by atoms with Crippen molar-refractivity contribution < 1.29 is 8.76 Å². The highest BCUT2D eigenvalue weighted by Gasteiger charge is 2.34. The molecule has 2 aromatic rings. The summed E-state index contributed by atoms with van der Waals surface area (Å²) in [6, 6.07) is 13.3. The molecule has 4 heteroatoms. The molecular formula is C30H43O2PS. The second-order valence-electron chi connectivity index (χ2n) is 11.0. The highest BCUT2D eigenvalue weighted by Crippen LogP contribution is 2.56. The van der Waals surface area contributed by atoms with Crippen LogP contribution in [0.2, 0.25) is 0 Å². The molecule has 1 unspecified atom stereocenters. The molecular weight excluding hydrogens is 455 g/mol. The summed E-state index contributed by atoms with van der Waals surface area (Å²) >= 11 is -1.97. The van der Waals surface area contributed by atoms with Crippen molar-refractivity contribution in [2.75, 3.05) is 0 Å². The summed E-state index contributed by atoms with van der Waals surface area (Å²) in [7, 11) is -0.229. The van der Waals surface area contributed by atoms with Gasteiger partial charge in [-0.05, 0) is 88.5 Å². The van der Waals surface area contributed by atoms with Gasteiger partial charge in [0, 0.05) is 0 Å². The van der Waals surface area contributed by atoms with Crippen LogP contribution in [0.25, 0.3) is 11.1 Å². The van der Waals surface area contributed by atoms with Gasteiger partial charge in [0.05, 0.1) is 4.90 Å². The molecule has 2 aliphatic carbocycles. The fourth-order valence-electron chi connectivity index (χ4n) is 6.30. The zero-order valence-corrected chi connectivity index (χ0v) is 23.3. The van der Waals surface area contributed by atoms with Gasteiger partial charge in [-0.2, -0.15) is 0 Å². The molecule has 0 amide bonds. The molecule has 0 saturated heterocycles. The molecule has 0 radical (unpaired) electrons. The van der Waals surface area contributed by atoms with Gasteiger partial charge < -0.3 is 4.55 Å². The molecule has 186 valence electrons. The van der Waals surface area contributed by atoms with E-state index in [4.69, 9.17) is 0 Å². The van der Waals surface area contributed by atoms with Crippen LogP contribution in [0.15, 0.2) is 41.3 Å². The molecule has 2 nitrogen and oxygen atoms in total. The van der Waals surface area contributed by atoms with E-state index in [0.29, 0.717) is 16.7 Å². The third kappa shape index (κ3) is 5.69. The molecule has 0 aliphatic heterocycles. The number of hydrogen-bond acceptors (Lipinski definition) is 1. The fourth-order valence-corrected chi connectivity index (χ4v) is 10.7. The SMILES string of the molecule is CC(C)c1cc(S(=O)O)cc(C(C)C)c1-c1ccccc1P(C1CCCCC1)C1CCCCC1. The summed E-state index contributed by atoms with van der Waals surface area (Å²) in [4.78, 5) is 0.537. The first-order valence-electron chi connectivity index (χ1n) is 13.5. The van der Waals surface area contributed by atoms with Gasteiger partial charge in [-0.15, -0.1) is 0 Å². The first kappa shape index (κ1) is 26.1. The van der Waals surface area contributed by atoms with Crippen LogP contribution in [-0.2, 0) is 11.1 Å². The minimum absolute atomic E-state index is 0.229. The number of hydrogen-bond donors (Lipinski definition) is 1. The summed E-state index contributed by atoms with van der Waals surface area (Å²) in [5.41, 5.74) is 6.89. The Morgan fingerprint density at radius 2 is 1.26 bits per heavy atom. The van der Waals surface area contributed by atoms with E-state index < -0.39 is 11.1 Å². The Labute approximate surface area is 211 Å². The lowest BCUT2D eigenvalue weighted by molar-refractivity contribution is 0.487. The van der Waals surface area contributed by atoms with E-state index in [9.17, 15) is 8.76 Å². The molecule has 1 N–H and O–H groups in total. The van der Waals surface area contributed by atoms with Crippen molar-refractivity contribution >= 4 is 24.3 Å². The zero-order valence-electron chi connectivity index (χ0n) is 21.6. The van der Waals surface area contributed by atoms with Crippen LogP contribution >= 0.6 is 7.92 Å². The summed E-state index contributed by atoms with van der Waals surface area (Å²) in [5.74, 6) is 0.583. The van der Waals surface area contributed by atoms with Crippen LogP contribution in [0, 0.1) is 0 Å². The van der Waals surface area contributed by atoms with E-state index in [1.54, 1.807) is 5.30 Å². The highest BCUT2D eigenvalue weighted by molar-refractivity contribution is 7.79. The van der Waals surface area contributed by atoms with E-state index in [1.807, 2.05) is 12.1 Å². The summed E-state index contributed by atoms with van der Waals surface area (Å²) in [6.45, 7) is 8.89. The van der Waals surface area contributed by atoms with Gasteiger partial charge >= 0.3 is 0 Å². The van der Waals surface area contributed by atoms with Crippen molar-refractivity contribution in [2.24, 2.45) is 0 Å². The lowest BCUT2D eigenvalue weighted by atomic mass is 9.85. The highest BCUT2D eigenvalue weighted by atomic mass is 32.2. The molecule has 2 fully saturated rings. The van der Waals surface area contributed by atoms with Gasteiger partial charge in [-0.25, -0.2) is 4.21 Å². The van der Waals surface area contributed by atoms with Gasteiger partial charge in [0.15, 0.2) is 11.1 Å². The number of rotatable bonds is 7. The van der Waals surface area contributed by atoms with Crippen LogP contribution in [0.1, 0.15) is 115 Å². The summed E-state index contributed by atoms with van der Waals surface area (Å²) in [5, 5.41) is 1.61. The van der Waals surface area contributed by atoms with Crippen molar-refractivity contribution in [3.63, 3.8) is 0 Å². The molecule has 34 heavy (non-hydrogen) atoms. The zero-order chi connectivity index (χ0) is 24.2. The number of benzene rings is 2. The van der Waals surface area contributed by atoms with Gasteiger partial charge in [0.25, 0.3) is 0 Å². The second kappa shape index (κ2) is 11.8. The van der Waals surface area contributed by atoms with Crippen molar-refractivity contribution in [1.29, 1.82) is 0 Å². The van der Waals surface area contributed by atoms with E-state index in [0.717, 1.165) is 11.3 Å². The predicted octanol–water partition coefficient (Wildman–Crippen LogP) is 8.95. The van der Waals surface area contributed by atoms with Crippen molar-refractivity contribution in [2.45, 2.75) is 120 Å². The first-order chi connectivity index (χ1) is 16.4. The fraction of sp³-hybridized carbons (Fsp3) is 0.600. The Balaban J connectivity index is 1.92. The van der Waals surface area contributed by atoms with Crippen molar-refractivity contribution in [1.82, 2.24) is 0 Å². The van der Waals surface area contributed by atoms with Gasteiger partial charge in [0.1, 0.15) is 0 Å². The monoisotopic (exact) mass is 498 g/mol. The smallest absolute Gasteiger partial charge is 0.186 e. The summed E-state index contributed by atoms with van der Waals surface area (Å²) in [6.07, 6.45) is 14.0. The lowest BCUT2D eigenvalue weighted by Crippen LogP contribution is -2.27. The molecule has 1 atom stereocenters. The largest absolute Gasteiger partial charge is 0.302 e. The predicted molar refractivity (Wildman–Crippen MR) is 149 cm³/mol. The van der Waals surface area contributed by atoms with Gasteiger partial charge in [-0.1, -0.05) is 98.4 Å². The molecule has 0 spiro atoms. The molecule has 0 heterocycles. The molecule has 0 bridgehead atoms. The van der Waals surface area contributed by atoms with Gasteiger partial charge in [0.2, 0.25) is 0 Å². The quantitative estimate of drug-likeness (QED) is 0.305. The molecule has 4 rings (SSSR count). The van der Waals surface area contributed by atoms with E-state index in [1.165, 1.54) is 86.5 Å². The maximum Gasteiger partial charge on any atom is 0.186 e. The van der Waals surface area contributed by atoms with Crippen LogP contribution in [0.5, 0.6) is 0 Å². The van der Waals surface area contributed by atoms with Crippen molar-refractivity contribution in [3.8, 4) is 11.1 Å². The van der Waals surface area contributed by atoms with E-state index >= 15 is 0 Å². The van der Waals surface area contributed by atoms with E-state index in [-0.39, 0.29) is 7.92 Å². The summed E-state index contributed by atoms with van der Waals surface area (Å²) < 4.78 is 22.1. The molecule has 2 aromatic carbocycles. The Morgan fingerprint density at radius 1 is 0.794 bits per heavy atom. The average Bonchev–Trinajstić information content (AvgIpc) is 2.85. The molecule has 0 aromatic heterocycles. The average molecular weight is 499 g/mol. The minimum atomic E-state index is -1.97. The molecule has 2 saturated carbocycles. The van der Waals surface area contributed by atoms with Crippen LogP contribution in [0.3, 0.4) is 0 Å². The lowest BCUT2D eigenvalue weighted by Gasteiger charge is -2.40. The second-order valence-corrected chi connectivity index (χ2v) is 14.8. The van der Waals surface area contributed by atoms with Crippen LogP contribution in [0.4, 0.5) is 0 Å². The van der Waals surface area contributed by atoms with Gasteiger partial charge in [-0.3, -0.25) is 0 Å². The van der Waals surface area contributed by atoms with Crippen LogP contribution < -0.4 is 5.30 Å². The maximum absolute atomic E-state index is 12.1. The Hall–Kier alpha value is -1.02. The molecule has 2 aliphatic rings. The topological polar surface area (TPSA) is 37.3 Å². The van der Waals surface area contributed by atoms with E-state index in [2.05, 4.69) is 52.0 Å². The maximum atomic E-state index is 12.1.